The summed E-state index contributed by atoms with van der Waals surface area (Å²) in [6.07, 6.45) is 2.77. The zero-order valence-electron chi connectivity index (χ0n) is 11.6. The van der Waals surface area contributed by atoms with Gasteiger partial charge in [0.2, 0.25) is 10.0 Å². The van der Waals surface area contributed by atoms with Crippen molar-refractivity contribution in [3.8, 4) is 0 Å². The highest BCUT2D eigenvalue weighted by Crippen LogP contribution is 2.30. The largest absolute Gasteiger partial charge is 0.243 e. The first kappa shape index (κ1) is 15.4. The van der Waals surface area contributed by atoms with E-state index in [0.717, 1.165) is 31.4 Å². The van der Waals surface area contributed by atoms with E-state index in [-0.39, 0.29) is 12.0 Å². The molecule has 0 spiro atoms. The molecule has 6 heteroatoms. The van der Waals surface area contributed by atoms with Gasteiger partial charge in [0, 0.05) is 12.1 Å². The first-order chi connectivity index (χ1) is 9.31. The van der Waals surface area contributed by atoms with Gasteiger partial charge in [-0.25, -0.2) is 21.9 Å². The Labute approximate surface area is 118 Å². The molecular formula is C14H19F2NO2S. The predicted octanol–water partition coefficient (Wildman–Crippen LogP) is 3.07. The van der Waals surface area contributed by atoms with Gasteiger partial charge >= 0.3 is 0 Å². The second-order valence-corrected chi connectivity index (χ2v) is 7.25. The maximum absolute atomic E-state index is 13.6. The Hall–Kier alpha value is -1.01. The first-order valence-electron chi connectivity index (χ1n) is 6.78. The van der Waals surface area contributed by atoms with E-state index in [1.165, 1.54) is 0 Å². The Kier molecular flexibility index (Phi) is 4.44. The van der Waals surface area contributed by atoms with E-state index in [9.17, 15) is 17.2 Å². The van der Waals surface area contributed by atoms with E-state index in [4.69, 9.17) is 0 Å². The number of hydrogen-bond donors (Lipinski definition) is 1. The lowest BCUT2D eigenvalue weighted by Gasteiger charge is -2.34. The zero-order chi connectivity index (χ0) is 14.9. The van der Waals surface area contributed by atoms with Gasteiger partial charge in [-0.1, -0.05) is 26.7 Å². The van der Waals surface area contributed by atoms with Crippen LogP contribution < -0.4 is 4.72 Å². The van der Waals surface area contributed by atoms with Crippen LogP contribution in [0.2, 0.25) is 0 Å². The van der Waals surface area contributed by atoms with Crippen molar-refractivity contribution in [2.75, 3.05) is 0 Å². The monoisotopic (exact) mass is 303 g/mol. The number of hydrogen-bond acceptors (Lipinski definition) is 2. The molecule has 1 saturated carbocycles. The van der Waals surface area contributed by atoms with Gasteiger partial charge in [0.05, 0.1) is 0 Å². The minimum Gasteiger partial charge on any atom is -0.208 e. The first-order valence-corrected chi connectivity index (χ1v) is 8.27. The summed E-state index contributed by atoms with van der Waals surface area (Å²) in [6.45, 7) is 4.08. The molecule has 0 radical (unpaired) electrons. The summed E-state index contributed by atoms with van der Waals surface area (Å²) in [5, 5.41) is 0. The Bertz CT molecular complexity index is 589. The van der Waals surface area contributed by atoms with E-state index in [2.05, 4.69) is 11.6 Å². The molecule has 1 aromatic rings. The standard InChI is InChI=1S/C14H19F2NO2S/c1-9-4-3-5-13(10(9)2)17-20(18,19)14-7-6-11(15)8-12(14)16/h6-10,13,17H,3-5H2,1-2H3. The third-order valence-electron chi connectivity index (χ3n) is 4.20. The van der Waals surface area contributed by atoms with Crippen molar-refractivity contribution in [3.05, 3.63) is 29.8 Å². The molecular weight excluding hydrogens is 284 g/mol. The van der Waals surface area contributed by atoms with Gasteiger partial charge in [0.25, 0.3) is 0 Å². The molecule has 20 heavy (non-hydrogen) atoms. The van der Waals surface area contributed by atoms with Crippen molar-refractivity contribution in [1.29, 1.82) is 0 Å². The highest BCUT2D eigenvalue weighted by molar-refractivity contribution is 7.89. The predicted molar refractivity (Wildman–Crippen MR) is 72.6 cm³/mol. The van der Waals surface area contributed by atoms with Crippen LogP contribution in [0, 0.1) is 23.5 Å². The van der Waals surface area contributed by atoms with Crippen LogP contribution in [-0.2, 0) is 10.0 Å². The molecule has 1 aliphatic carbocycles. The average molecular weight is 303 g/mol. The lowest BCUT2D eigenvalue weighted by Crippen LogP contribution is -2.43. The molecule has 3 atom stereocenters. The van der Waals surface area contributed by atoms with Gasteiger partial charge in [-0.15, -0.1) is 0 Å². The molecule has 3 nitrogen and oxygen atoms in total. The minimum absolute atomic E-state index is 0.196. The van der Waals surface area contributed by atoms with Gasteiger partial charge in [-0.05, 0) is 30.4 Å². The van der Waals surface area contributed by atoms with Crippen molar-refractivity contribution in [1.82, 2.24) is 4.72 Å². The average Bonchev–Trinajstić information content (AvgIpc) is 2.34. The number of halogens is 2. The number of benzene rings is 1. The maximum Gasteiger partial charge on any atom is 0.243 e. The second kappa shape index (κ2) is 5.77. The van der Waals surface area contributed by atoms with E-state index < -0.39 is 26.6 Å². The number of sulfonamides is 1. The summed E-state index contributed by atoms with van der Waals surface area (Å²) in [6, 6.07) is 2.30. The van der Waals surface area contributed by atoms with Crippen molar-refractivity contribution >= 4 is 10.0 Å². The van der Waals surface area contributed by atoms with Crippen LogP contribution in [-0.4, -0.2) is 14.5 Å². The van der Waals surface area contributed by atoms with E-state index in [1.807, 2.05) is 6.92 Å². The van der Waals surface area contributed by atoms with Gasteiger partial charge in [0.1, 0.15) is 16.5 Å². The highest BCUT2D eigenvalue weighted by Gasteiger charge is 2.31. The molecule has 0 heterocycles. The van der Waals surface area contributed by atoms with Crippen molar-refractivity contribution < 1.29 is 17.2 Å². The van der Waals surface area contributed by atoms with Crippen molar-refractivity contribution in [2.45, 2.75) is 44.0 Å². The SMILES string of the molecule is CC1CCCC(NS(=O)(=O)c2ccc(F)cc2F)C1C. The molecule has 0 bridgehead atoms. The third kappa shape index (κ3) is 3.17. The molecule has 3 unspecified atom stereocenters. The summed E-state index contributed by atoms with van der Waals surface area (Å²) >= 11 is 0. The topological polar surface area (TPSA) is 46.2 Å². The zero-order valence-corrected chi connectivity index (χ0v) is 12.4. The van der Waals surface area contributed by atoms with E-state index >= 15 is 0 Å². The highest BCUT2D eigenvalue weighted by atomic mass is 32.2. The smallest absolute Gasteiger partial charge is 0.208 e. The molecule has 0 saturated heterocycles. The van der Waals surface area contributed by atoms with Gasteiger partial charge < -0.3 is 0 Å². The number of rotatable bonds is 3. The Morgan fingerprint density at radius 2 is 1.90 bits per heavy atom. The van der Waals surface area contributed by atoms with Gasteiger partial charge in [0.15, 0.2) is 0 Å². The Morgan fingerprint density at radius 3 is 2.55 bits per heavy atom. The Balaban J connectivity index is 2.22. The fraction of sp³-hybridized carbons (Fsp3) is 0.571. The van der Waals surface area contributed by atoms with Crippen LogP contribution in [0.1, 0.15) is 33.1 Å². The molecule has 1 aliphatic rings. The van der Waals surface area contributed by atoms with Crippen LogP contribution >= 0.6 is 0 Å². The molecule has 1 aromatic carbocycles. The maximum atomic E-state index is 13.6. The van der Waals surface area contributed by atoms with Crippen LogP contribution in [0.5, 0.6) is 0 Å². The van der Waals surface area contributed by atoms with E-state index in [1.54, 1.807) is 0 Å². The third-order valence-corrected chi connectivity index (χ3v) is 5.72. The lowest BCUT2D eigenvalue weighted by atomic mass is 9.78. The molecule has 0 aliphatic heterocycles. The summed E-state index contributed by atoms with van der Waals surface area (Å²) in [4.78, 5) is -0.496. The quantitative estimate of drug-likeness (QED) is 0.933. The Morgan fingerprint density at radius 1 is 1.20 bits per heavy atom. The molecule has 1 fully saturated rings. The normalized spacial score (nSPS) is 27.5. The summed E-state index contributed by atoms with van der Waals surface area (Å²) in [5.74, 6) is -1.23. The number of nitrogens with one attached hydrogen (secondary N) is 1. The van der Waals surface area contributed by atoms with Gasteiger partial charge in [-0.3, -0.25) is 0 Å². The summed E-state index contributed by atoms with van der Waals surface area (Å²) < 4.78 is 53.5. The lowest BCUT2D eigenvalue weighted by molar-refractivity contribution is 0.227. The minimum atomic E-state index is -3.96. The van der Waals surface area contributed by atoms with E-state index in [0.29, 0.717) is 12.0 Å². The van der Waals surface area contributed by atoms with Crippen LogP contribution in [0.25, 0.3) is 0 Å². The van der Waals surface area contributed by atoms with Gasteiger partial charge in [-0.2, -0.15) is 0 Å². The van der Waals surface area contributed by atoms with Crippen molar-refractivity contribution in [2.24, 2.45) is 11.8 Å². The fourth-order valence-corrected chi connectivity index (χ4v) is 4.13. The molecule has 2 rings (SSSR count). The molecule has 1 N–H and O–H groups in total. The summed E-state index contributed by atoms with van der Waals surface area (Å²) in [7, 11) is -3.96. The molecule has 0 aromatic heterocycles. The van der Waals surface area contributed by atoms with Crippen LogP contribution in [0.3, 0.4) is 0 Å². The molecule has 0 amide bonds. The van der Waals surface area contributed by atoms with Crippen LogP contribution in [0.15, 0.2) is 23.1 Å². The van der Waals surface area contributed by atoms with Crippen LogP contribution in [0.4, 0.5) is 8.78 Å². The van der Waals surface area contributed by atoms with Crippen molar-refractivity contribution in [3.63, 3.8) is 0 Å². The summed E-state index contributed by atoms with van der Waals surface area (Å²) in [5.41, 5.74) is 0. The second-order valence-electron chi connectivity index (χ2n) is 5.57. The fourth-order valence-electron chi connectivity index (χ4n) is 2.70. The molecule has 112 valence electrons.